The van der Waals surface area contributed by atoms with Gasteiger partial charge in [-0.15, -0.1) is 10.2 Å². The summed E-state index contributed by atoms with van der Waals surface area (Å²) in [5, 5.41) is 9.29. The second-order valence-electron chi connectivity index (χ2n) is 6.14. The molecule has 0 unspecified atom stereocenters. The predicted octanol–water partition coefficient (Wildman–Crippen LogP) is 5.36. The summed E-state index contributed by atoms with van der Waals surface area (Å²) in [7, 11) is 0. The molecule has 3 aromatic rings. The Balaban J connectivity index is 1.76. The highest BCUT2D eigenvalue weighted by Gasteiger charge is 2.18. The van der Waals surface area contributed by atoms with Gasteiger partial charge in [-0.05, 0) is 51.1 Å². The van der Waals surface area contributed by atoms with Crippen molar-refractivity contribution in [2.75, 3.05) is 0 Å². The molecule has 0 atom stereocenters. The van der Waals surface area contributed by atoms with Crippen LogP contribution in [0.1, 0.15) is 31.3 Å². The van der Waals surface area contributed by atoms with Crippen LogP contribution in [-0.4, -0.2) is 21.1 Å². The molecule has 5 nitrogen and oxygen atoms in total. The van der Waals surface area contributed by atoms with E-state index in [1.807, 2.05) is 19.1 Å². The largest absolute Gasteiger partial charge is 0.465 e. The van der Waals surface area contributed by atoms with Crippen molar-refractivity contribution in [3.05, 3.63) is 57.8 Å². The molecule has 132 valence electrons. The lowest BCUT2D eigenvalue weighted by Gasteiger charge is -2.23. The molecule has 0 amide bonds. The van der Waals surface area contributed by atoms with Crippen LogP contribution in [-0.2, 0) is 13.1 Å². The summed E-state index contributed by atoms with van der Waals surface area (Å²) in [6, 6.07) is 9.40. The molecule has 0 spiro atoms. The van der Waals surface area contributed by atoms with Gasteiger partial charge in [0.15, 0.2) is 0 Å². The van der Waals surface area contributed by atoms with Crippen LogP contribution >= 0.6 is 23.2 Å². The predicted molar refractivity (Wildman–Crippen MR) is 97.6 cm³/mol. The van der Waals surface area contributed by atoms with E-state index in [-0.39, 0.29) is 0 Å². The van der Waals surface area contributed by atoms with E-state index in [0.717, 1.165) is 11.5 Å². The van der Waals surface area contributed by atoms with Crippen molar-refractivity contribution in [2.24, 2.45) is 0 Å². The molecule has 0 saturated heterocycles. The monoisotopic (exact) mass is 379 g/mol. The molecular weight excluding hydrogens is 361 g/mol. The Labute approximate surface area is 156 Å². The lowest BCUT2D eigenvalue weighted by Crippen LogP contribution is -2.29. The zero-order chi connectivity index (χ0) is 18.0. The Morgan fingerprint density at radius 3 is 2.48 bits per heavy atom. The molecule has 0 saturated carbocycles. The van der Waals surface area contributed by atoms with E-state index >= 15 is 0 Å². The van der Waals surface area contributed by atoms with Gasteiger partial charge < -0.3 is 8.83 Å². The van der Waals surface area contributed by atoms with E-state index in [1.54, 1.807) is 18.2 Å². The average Bonchev–Trinajstić information content (AvgIpc) is 3.16. The molecule has 2 aromatic heterocycles. The smallest absolute Gasteiger partial charge is 0.249 e. The standard InChI is InChI=1S/C18H19Cl2N3O2/c1-11(2)23(9-14-6-4-12(3)24-14)10-17-21-22-18(25-17)15-7-5-13(19)8-16(15)20/h4-8,11H,9-10H2,1-3H3. The normalized spacial score (nSPS) is 11.6. The van der Waals surface area contributed by atoms with Gasteiger partial charge >= 0.3 is 0 Å². The minimum atomic E-state index is 0.292. The Morgan fingerprint density at radius 1 is 1.04 bits per heavy atom. The number of halogens is 2. The van der Waals surface area contributed by atoms with E-state index in [1.165, 1.54) is 0 Å². The van der Waals surface area contributed by atoms with Crippen molar-refractivity contribution in [3.63, 3.8) is 0 Å². The van der Waals surface area contributed by atoms with Gasteiger partial charge in [0.1, 0.15) is 11.5 Å². The minimum Gasteiger partial charge on any atom is -0.465 e. The second kappa shape index (κ2) is 7.60. The molecule has 0 radical (unpaired) electrons. The van der Waals surface area contributed by atoms with Gasteiger partial charge in [-0.3, -0.25) is 4.90 Å². The van der Waals surface area contributed by atoms with Crippen molar-refractivity contribution < 1.29 is 8.83 Å². The van der Waals surface area contributed by atoms with Crippen LogP contribution in [0.25, 0.3) is 11.5 Å². The summed E-state index contributed by atoms with van der Waals surface area (Å²) in [6.07, 6.45) is 0. The van der Waals surface area contributed by atoms with E-state index < -0.39 is 0 Å². The maximum atomic E-state index is 6.20. The summed E-state index contributed by atoms with van der Waals surface area (Å²) in [4.78, 5) is 2.19. The summed E-state index contributed by atoms with van der Waals surface area (Å²) in [5.74, 6) is 2.72. The molecule has 0 N–H and O–H groups in total. The third-order valence-electron chi connectivity index (χ3n) is 3.85. The topological polar surface area (TPSA) is 55.3 Å². The molecular formula is C18H19Cl2N3O2. The molecule has 3 rings (SSSR count). The Kier molecular flexibility index (Phi) is 5.47. The number of aryl methyl sites for hydroxylation is 1. The zero-order valence-electron chi connectivity index (χ0n) is 14.3. The fourth-order valence-corrected chi connectivity index (χ4v) is 2.94. The van der Waals surface area contributed by atoms with E-state index in [4.69, 9.17) is 32.0 Å². The maximum Gasteiger partial charge on any atom is 0.249 e. The highest BCUT2D eigenvalue weighted by Crippen LogP contribution is 2.29. The molecule has 7 heteroatoms. The van der Waals surface area contributed by atoms with Crippen molar-refractivity contribution in [2.45, 2.75) is 39.9 Å². The fourth-order valence-electron chi connectivity index (χ4n) is 2.45. The third kappa shape index (κ3) is 4.42. The van der Waals surface area contributed by atoms with E-state index in [2.05, 4.69) is 28.9 Å². The van der Waals surface area contributed by atoms with Gasteiger partial charge in [0.2, 0.25) is 11.8 Å². The highest BCUT2D eigenvalue weighted by molar-refractivity contribution is 6.36. The number of hydrogen-bond acceptors (Lipinski definition) is 5. The number of aromatic nitrogens is 2. The van der Waals surface area contributed by atoms with Gasteiger partial charge in [0.25, 0.3) is 0 Å². The van der Waals surface area contributed by atoms with Crippen molar-refractivity contribution >= 4 is 23.2 Å². The van der Waals surface area contributed by atoms with Crippen molar-refractivity contribution in [3.8, 4) is 11.5 Å². The van der Waals surface area contributed by atoms with Gasteiger partial charge in [0, 0.05) is 11.1 Å². The third-order valence-corrected chi connectivity index (χ3v) is 4.40. The van der Waals surface area contributed by atoms with Gasteiger partial charge in [-0.2, -0.15) is 0 Å². The summed E-state index contributed by atoms with van der Waals surface area (Å²) in [5.41, 5.74) is 0.669. The number of furan rings is 1. The van der Waals surface area contributed by atoms with Gasteiger partial charge in [-0.1, -0.05) is 23.2 Å². The molecule has 0 aliphatic heterocycles. The van der Waals surface area contributed by atoms with Crippen LogP contribution in [0.5, 0.6) is 0 Å². The summed E-state index contributed by atoms with van der Waals surface area (Å²) >= 11 is 12.1. The van der Waals surface area contributed by atoms with Crippen molar-refractivity contribution in [1.82, 2.24) is 15.1 Å². The zero-order valence-corrected chi connectivity index (χ0v) is 15.8. The fraction of sp³-hybridized carbons (Fsp3) is 0.333. The number of nitrogens with zero attached hydrogens (tertiary/aromatic N) is 3. The Morgan fingerprint density at radius 2 is 1.84 bits per heavy atom. The van der Waals surface area contributed by atoms with Crippen LogP contribution in [0.3, 0.4) is 0 Å². The number of benzene rings is 1. The average molecular weight is 380 g/mol. The molecule has 0 fully saturated rings. The molecule has 0 aliphatic rings. The first-order valence-corrected chi connectivity index (χ1v) is 8.75. The van der Waals surface area contributed by atoms with Gasteiger partial charge in [-0.25, -0.2) is 0 Å². The van der Waals surface area contributed by atoms with Crippen LogP contribution in [0.15, 0.2) is 39.2 Å². The van der Waals surface area contributed by atoms with E-state index in [9.17, 15) is 0 Å². The first-order chi connectivity index (χ1) is 11.9. The Hall–Kier alpha value is -1.82. The summed E-state index contributed by atoms with van der Waals surface area (Å²) < 4.78 is 11.5. The van der Waals surface area contributed by atoms with Gasteiger partial charge in [0.05, 0.1) is 23.7 Å². The van der Waals surface area contributed by atoms with Crippen molar-refractivity contribution in [1.29, 1.82) is 0 Å². The molecule has 0 bridgehead atoms. The first-order valence-electron chi connectivity index (χ1n) is 7.99. The highest BCUT2D eigenvalue weighted by atomic mass is 35.5. The number of hydrogen-bond donors (Lipinski definition) is 0. The number of rotatable bonds is 6. The van der Waals surface area contributed by atoms with Crippen LogP contribution in [0.2, 0.25) is 10.0 Å². The lowest BCUT2D eigenvalue weighted by atomic mass is 10.2. The Bertz CT molecular complexity index is 858. The lowest BCUT2D eigenvalue weighted by molar-refractivity contribution is 0.170. The molecule has 2 heterocycles. The quantitative estimate of drug-likeness (QED) is 0.577. The van der Waals surface area contributed by atoms with Crippen LogP contribution in [0, 0.1) is 6.92 Å². The first kappa shape index (κ1) is 18.0. The second-order valence-corrected chi connectivity index (χ2v) is 6.98. The molecule has 0 aliphatic carbocycles. The minimum absolute atomic E-state index is 0.292. The van der Waals surface area contributed by atoms with Crippen LogP contribution < -0.4 is 0 Å². The molecule has 25 heavy (non-hydrogen) atoms. The SMILES string of the molecule is Cc1ccc(CN(Cc2nnc(-c3ccc(Cl)cc3Cl)o2)C(C)C)o1. The maximum absolute atomic E-state index is 6.20. The van der Waals surface area contributed by atoms with E-state index in [0.29, 0.717) is 46.5 Å². The van der Waals surface area contributed by atoms with Crippen LogP contribution in [0.4, 0.5) is 0 Å². The summed E-state index contributed by atoms with van der Waals surface area (Å²) in [6.45, 7) is 7.36. The molecule has 1 aromatic carbocycles.